The number of aromatic nitrogens is 4. The van der Waals surface area contributed by atoms with Crippen molar-refractivity contribution in [2.24, 2.45) is 0 Å². The van der Waals surface area contributed by atoms with Crippen molar-refractivity contribution >= 4 is 5.82 Å². The molecule has 0 bridgehead atoms. The molecule has 1 aromatic carbocycles. The van der Waals surface area contributed by atoms with Gasteiger partial charge < -0.3 is 4.90 Å². The van der Waals surface area contributed by atoms with E-state index in [-0.39, 0.29) is 0 Å². The van der Waals surface area contributed by atoms with Gasteiger partial charge in [0.1, 0.15) is 12.1 Å². The van der Waals surface area contributed by atoms with Crippen LogP contribution < -0.4 is 4.90 Å². The zero-order valence-corrected chi connectivity index (χ0v) is 14.6. The number of hydrogen-bond acceptors (Lipinski definition) is 5. The summed E-state index contributed by atoms with van der Waals surface area (Å²) in [5.41, 5.74) is 4.83. The van der Waals surface area contributed by atoms with Gasteiger partial charge in [0.2, 0.25) is 0 Å². The van der Waals surface area contributed by atoms with Gasteiger partial charge in [-0.15, -0.1) is 0 Å². The Morgan fingerprint density at radius 1 is 1.12 bits per heavy atom. The van der Waals surface area contributed by atoms with Crippen molar-refractivity contribution in [3.63, 3.8) is 0 Å². The summed E-state index contributed by atoms with van der Waals surface area (Å²) in [5, 5.41) is 4.27. The summed E-state index contributed by atoms with van der Waals surface area (Å²) < 4.78 is 1.88. The smallest absolute Gasteiger partial charge is 0.136 e. The lowest BCUT2D eigenvalue weighted by Crippen LogP contribution is -2.32. The molecule has 0 aliphatic carbocycles. The Hall–Kier alpha value is -2.73. The molecule has 1 aliphatic rings. The van der Waals surface area contributed by atoms with E-state index in [0.29, 0.717) is 0 Å². The van der Waals surface area contributed by atoms with Crippen LogP contribution in [0.4, 0.5) is 5.82 Å². The van der Waals surface area contributed by atoms with Crippen LogP contribution in [0.2, 0.25) is 0 Å². The first-order valence-corrected chi connectivity index (χ1v) is 8.52. The molecule has 1 aliphatic heterocycles. The summed E-state index contributed by atoms with van der Waals surface area (Å²) in [6, 6.07) is 10.5. The Kier molecular flexibility index (Phi) is 4.19. The molecule has 6 nitrogen and oxygen atoms in total. The third-order valence-corrected chi connectivity index (χ3v) is 4.59. The maximum absolute atomic E-state index is 4.47. The first-order valence-electron chi connectivity index (χ1n) is 8.52. The summed E-state index contributed by atoms with van der Waals surface area (Å²) >= 11 is 0. The zero-order valence-electron chi connectivity index (χ0n) is 14.6. The Balaban J connectivity index is 1.49. The Labute approximate surface area is 147 Å². The van der Waals surface area contributed by atoms with Gasteiger partial charge in [-0.05, 0) is 23.8 Å². The van der Waals surface area contributed by atoms with Gasteiger partial charge in [-0.25, -0.2) is 14.6 Å². The molecular formula is C19H22N6. The fourth-order valence-electron chi connectivity index (χ4n) is 3.34. The topological polar surface area (TPSA) is 50.1 Å². The van der Waals surface area contributed by atoms with Gasteiger partial charge in [-0.3, -0.25) is 4.90 Å². The van der Waals surface area contributed by atoms with Gasteiger partial charge in [-0.1, -0.05) is 12.1 Å². The molecule has 2 aromatic heterocycles. The SMILES string of the molecule is CN(C)c1ncnc2c1CN(Cc1ccc(-n3cccn3)cc1)CC2. The van der Waals surface area contributed by atoms with Gasteiger partial charge >= 0.3 is 0 Å². The molecule has 0 N–H and O–H groups in total. The van der Waals surface area contributed by atoms with Crippen molar-refractivity contribution in [1.29, 1.82) is 0 Å². The molecule has 0 spiro atoms. The molecule has 4 rings (SSSR count). The predicted molar refractivity (Wildman–Crippen MR) is 97.7 cm³/mol. The van der Waals surface area contributed by atoms with Crippen LogP contribution in [0.15, 0.2) is 49.1 Å². The van der Waals surface area contributed by atoms with Crippen LogP contribution in [-0.2, 0) is 19.5 Å². The van der Waals surface area contributed by atoms with Gasteiger partial charge in [-0.2, -0.15) is 5.10 Å². The lowest BCUT2D eigenvalue weighted by Gasteiger charge is -2.30. The highest BCUT2D eigenvalue weighted by Crippen LogP contribution is 2.25. The highest BCUT2D eigenvalue weighted by Gasteiger charge is 2.21. The second-order valence-electron chi connectivity index (χ2n) is 6.59. The van der Waals surface area contributed by atoms with Gasteiger partial charge in [0.05, 0.1) is 11.4 Å². The average Bonchev–Trinajstić information content (AvgIpc) is 3.16. The first kappa shape index (κ1) is 15.8. The van der Waals surface area contributed by atoms with Crippen molar-refractivity contribution in [3.8, 4) is 5.69 Å². The van der Waals surface area contributed by atoms with Crippen molar-refractivity contribution in [2.75, 3.05) is 25.5 Å². The average molecular weight is 334 g/mol. The largest absolute Gasteiger partial charge is 0.362 e. The molecule has 0 saturated heterocycles. The number of nitrogens with zero attached hydrogens (tertiary/aromatic N) is 6. The van der Waals surface area contributed by atoms with E-state index >= 15 is 0 Å². The molecular weight excluding hydrogens is 312 g/mol. The van der Waals surface area contributed by atoms with E-state index in [2.05, 4.69) is 49.1 Å². The molecule has 3 aromatic rings. The molecule has 0 fully saturated rings. The molecule has 0 unspecified atom stereocenters. The van der Waals surface area contributed by atoms with Crippen LogP contribution in [-0.4, -0.2) is 45.3 Å². The Bertz CT molecular complexity index is 839. The summed E-state index contributed by atoms with van der Waals surface area (Å²) in [5.74, 6) is 1.03. The van der Waals surface area contributed by atoms with E-state index in [1.807, 2.05) is 31.0 Å². The van der Waals surface area contributed by atoms with Gasteiger partial charge in [0.25, 0.3) is 0 Å². The van der Waals surface area contributed by atoms with Crippen LogP contribution in [0.25, 0.3) is 5.69 Å². The third kappa shape index (κ3) is 3.25. The minimum absolute atomic E-state index is 0.893. The molecule has 0 amide bonds. The fourth-order valence-corrected chi connectivity index (χ4v) is 3.34. The normalized spacial score (nSPS) is 14.3. The second-order valence-corrected chi connectivity index (χ2v) is 6.59. The lowest BCUT2D eigenvalue weighted by molar-refractivity contribution is 0.243. The monoisotopic (exact) mass is 334 g/mol. The molecule has 25 heavy (non-hydrogen) atoms. The standard InChI is InChI=1S/C19H22N6/c1-23(2)19-17-13-24(11-8-18(17)20-14-21-19)12-15-4-6-16(7-5-15)25-10-3-9-22-25/h3-7,9-10,14H,8,11-13H2,1-2H3. The zero-order chi connectivity index (χ0) is 17.2. The highest BCUT2D eigenvalue weighted by molar-refractivity contribution is 5.48. The van der Waals surface area contributed by atoms with E-state index in [0.717, 1.165) is 37.6 Å². The minimum atomic E-state index is 0.893. The van der Waals surface area contributed by atoms with Crippen LogP contribution in [0.1, 0.15) is 16.8 Å². The van der Waals surface area contributed by atoms with Gasteiger partial charge in [0.15, 0.2) is 0 Å². The molecule has 128 valence electrons. The van der Waals surface area contributed by atoms with Crippen molar-refractivity contribution in [3.05, 3.63) is 65.9 Å². The number of hydrogen-bond donors (Lipinski definition) is 0. The Morgan fingerprint density at radius 3 is 2.68 bits per heavy atom. The van der Waals surface area contributed by atoms with Crippen LogP contribution in [0.3, 0.4) is 0 Å². The lowest BCUT2D eigenvalue weighted by atomic mass is 10.0. The minimum Gasteiger partial charge on any atom is -0.362 e. The van der Waals surface area contributed by atoms with Gasteiger partial charge in [0, 0.05) is 58.1 Å². The number of fused-ring (bicyclic) bond motifs is 1. The third-order valence-electron chi connectivity index (χ3n) is 4.59. The number of rotatable bonds is 4. The number of anilines is 1. The molecule has 3 heterocycles. The Morgan fingerprint density at radius 2 is 1.96 bits per heavy atom. The van der Waals surface area contributed by atoms with E-state index in [1.165, 1.54) is 16.8 Å². The van der Waals surface area contributed by atoms with Crippen molar-refractivity contribution in [2.45, 2.75) is 19.5 Å². The molecule has 0 radical (unpaired) electrons. The van der Waals surface area contributed by atoms with E-state index in [4.69, 9.17) is 0 Å². The summed E-state index contributed by atoms with van der Waals surface area (Å²) in [6.07, 6.45) is 6.41. The molecule has 6 heteroatoms. The van der Waals surface area contributed by atoms with E-state index in [9.17, 15) is 0 Å². The van der Waals surface area contributed by atoms with E-state index in [1.54, 1.807) is 12.5 Å². The summed E-state index contributed by atoms with van der Waals surface area (Å²) in [7, 11) is 4.07. The van der Waals surface area contributed by atoms with E-state index < -0.39 is 0 Å². The van der Waals surface area contributed by atoms with Crippen molar-refractivity contribution in [1.82, 2.24) is 24.6 Å². The van der Waals surface area contributed by atoms with Crippen LogP contribution in [0.5, 0.6) is 0 Å². The van der Waals surface area contributed by atoms with Crippen LogP contribution >= 0.6 is 0 Å². The number of benzene rings is 1. The molecule has 0 atom stereocenters. The van der Waals surface area contributed by atoms with Crippen LogP contribution in [0, 0.1) is 0 Å². The summed E-state index contributed by atoms with van der Waals surface area (Å²) in [4.78, 5) is 13.5. The fraction of sp³-hybridized carbons (Fsp3) is 0.316. The maximum atomic E-state index is 4.47. The van der Waals surface area contributed by atoms with Crippen molar-refractivity contribution < 1.29 is 0 Å². The predicted octanol–water partition coefficient (Wildman–Crippen LogP) is 2.29. The maximum Gasteiger partial charge on any atom is 0.136 e. The second kappa shape index (κ2) is 6.64. The molecule has 0 saturated carbocycles. The quantitative estimate of drug-likeness (QED) is 0.733. The summed E-state index contributed by atoms with van der Waals surface area (Å²) in [6.45, 7) is 2.85. The first-order chi connectivity index (χ1) is 12.2. The highest BCUT2D eigenvalue weighted by atomic mass is 15.3.